The fraction of sp³-hybridized carbons (Fsp3) is 0.500. The van der Waals surface area contributed by atoms with Gasteiger partial charge in [-0.3, -0.25) is 4.79 Å². The standard InChI is InChI=1S/C12H16N4OS2/c1-7-6-16(3-4-18-7)12-9(11(17)15-2)10(14)8(5-13)19-12/h7H,3-4,6,14H2,1-2H3,(H,15,17). The molecule has 19 heavy (non-hydrogen) atoms. The van der Waals surface area contributed by atoms with E-state index in [9.17, 15) is 4.79 Å². The normalized spacial score (nSPS) is 19.0. The first-order valence-electron chi connectivity index (χ1n) is 5.99. The molecule has 0 aliphatic carbocycles. The molecule has 7 heteroatoms. The molecule has 0 saturated carbocycles. The second-order valence-electron chi connectivity index (χ2n) is 4.34. The molecule has 1 saturated heterocycles. The van der Waals surface area contributed by atoms with Crippen molar-refractivity contribution in [3.05, 3.63) is 10.4 Å². The molecule has 2 rings (SSSR count). The summed E-state index contributed by atoms with van der Waals surface area (Å²) >= 11 is 3.23. The summed E-state index contributed by atoms with van der Waals surface area (Å²) in [6.07, 6.45) is 0. The first-order valence-corrected chi connectivity index (χ1v) is 7.86. The van der Waals surface area contributed by atoms with E-state index in [1.165, 1.54) is 11.3 Å². The summed E-state index contributed by atoms with van der Waals surface area (Å²) in [7, 11) is 1.57. The summed E-state index contributed by atoms with van der Waals surface area (Å²) < 4.78 is 0. The van der Waals surface area contributed by atoms with Gasteiger partial charge in [0.1, 0.15) is 15.9 Å². The van der Waals surface area contributed by atoms with Gasteiger partial charge in [-0.05, 0) is 0 Å². The van der Waals surface area contributed by atoms with E-state index >= 15 is 0 Å². The molecule has 0 spiro atoms. The average Bonchev–Trinajstić information content (AvgIpc) is 2.75. The van der Waals surface area contributed by atoms with Crippen LogP contribution in [0.2, 0.25) is 0 Å². The number of hydrogen-bond acceptors (Lipinski definition) is 6. The fourth-order valence-electron chi connectivity index (χ4n) is 2.08. The Balaban J connectivity index is 2.44. The van der Waals surface area contributed by atoms with Crippen molar-refractivity contribution >= 4 is 39.7 Å². The second-order valence-corrected chi connectivity index (χ2v) is 6.89. The summed E-state index contributed by atoms with van der Waals surface area (Å²) in [5.41, 5.74) is 6.67. The SMILES string of the molecule is CNC(=O)c1c(N2CCSC(C)C2)sc(C#N)c1N. The molecule has 1 atom stereocenters. The predicted octanol–water partition coefficient (Wildman–Crippen LogP) is 1.50. The number of nitriles is 1. The Morgan fingerprint density at radius 2 is 2.37 bits per heavy atom. The average molecular weight is 296 g/mol. The Hall–Kier alpha value is -1.39. The largest absolute Gasteiger partial charge is 0.396 e. The zero-order chi connectivity index (χ0) is 14.0. The Labute approximate surface area is 120 Å². The van der Waals surface area contributed by atoms with E-state index in [4.69, 9.17) is 11.0 Å². The number of thiophene rings is 1. The molecule has 1 amide bonds. The van der Waals surface area contributed by atoms with E-state index in [2.05, 4.69) is 23.2 Å². The number of anilines is 2. The third kappa shape index (κ3) is 2.65. The van der Waals surface area contributed by atoms with Crippen molar-refractivity contribution in [1.82, 2.24) is 5.32 Å². The van der Waals surface area contributed by atoms with Gasteiger partial charge in [0.15, 0.2) is 0 Å². The van der Waals surface area contributed by atoms with Gasteiger partial charge in [0.2, 0.25) is 0 Å². The number of amides is 1. The molecule has 1 aliphatic heterocycles. The van der Waals surface area contributed by atoms with Crippen LogP contribution < -0.4 is 16.0 Å². The Kier molecular flexibility index (Phi) is 4.22. The molecule has 1 aliphatic rings. The number of nitrogens with zero attached hydrogens (tertiary/aromatic N) is 2. The zero-order valence-electron chi connectivity index (χ0n) is 10.9. The van der Waals surface area contributed by atoms with Gasteiger partial charge in [-0.25, -0.2) is 0 Å². The highest BCUT2D eigenvalue weighted by Crippen LogP contribution is 2.39. The lowest BCUT2D eigenvalue weighted by Crippen LogP contribution is -2.37. The molecule has 0 bridgehead atoms. The summed E-state index contributed by atoms with van der Waals surface area (Å²) in [5, 5.41) is 13.0. The lowest BCUT2D eigenvalue weighted by molar-refractivity contribution is 0.0965. The van der Waals surface area contributed by atoms with Crippen LogP contribution >= 0.6 is 23.1 Å². The molecular weight excluding hydrogens is 280 g/mol. The van der Waals surface area contributed by atoms with Crippen molar-refractivity contribution in [3.63, 3.8) is 0 Å². The van der Waals surface area contributed by atoms with Crippen molar-refractivity contribution in [2.75, 3.05) is 36.5 Å². The van der Waals surface area contributed by atoms with Gasteiger partial charge in [-0.1, -0.05) is 6.92 Å². The highest BCUT2D eigenvalue weighted by molar-refractivity contribution is 8.00. The Bertz CT molecular complexity index is 535. The number of nitrogens with two attached hydrogens (primary N) is 1. The minimum absolute atomic E-state index is 0.226. The third-order valence-corrected chi connectivity index (χ3v) is 5.32. The van der Waals surface area contributed by atoms with Gasteiger partial charge in [0.25, 0.3) is 5.91 Å². The third-order valence-electron chi connectivity index (χ3n) is 3.01. The first kappa shape index (κ1) is 14.0. The summed E-state index contributed by atoms with van der Waals surface area (Å²) in [4.78, 5) is 14.6. The van der Waals surface area contributed by atoms with E-state index in [0.717, 1.165) is 23.8 Å². The maximum absolute atomic E-state index is 12.0. The molecule has 0 aromatic carbocycles. The van der Waals surface area contributed by atoms with Crippen molar-refractivity contribution in [3.8, 4) is 6.07 Å². The van der Waals surface area contributed by atoms with Crippen molar-refractivity contribution in [1.29, 1.82) is 5.26 Å². The zero-order valence-corrected chi connectivity index (χ0v) is 12.5. The fourth-order valence-corrected chi connectivity index (χ4v) is 4.15. The lowest BCUT2D eigenvalue weighted by Gasteiger charge is -2.31. The minimum Gasteiger partial charge on any atom is -0.396 e. The molecule has 5 nitrogen and oxygen atoms in total. The molecular formula is C12H16N4OS2. The van der Waals surface area contributed by atoms with Gasteiger partial charge < -0.3 is 16.0 Å². The van der Waals surface area contributed by atoms with Crippen molar-refractivity contribution in [2.24, 2.45) is 0 Å². The van der Waals surface area contributed by atoms with Gasteiger partial charge in [0, 0.05) is 31.1 Å². The van der Waals surface area contributed by atoms with Gasteiger partial charge in [-0.2, -0.15) is 17.0 Å². The second kappa shape index (κ2) is 5.72. The van der Waals surface area contributed by atoms with Crippen LogP contribution in [0, 0.1) is 11.3 Å². The van der Waals surface area contributed by atoms with Gasteiger partial charge in [0.05, 0.1) is 11.3 Å². The van der Waals surface area contributed by atoms with Crippen molar-refractivity contribution < 1.29 is 4.79 Å². The summed E-state index contributed by atoms with van der Waals surface area (Å²) in [5.74, 6) is 0.796. The molecule has 102 valence electrons. The monoisotopic (exact) mass is 296 g/mol. The van der Waals surface area contributed by atoms with Crippen molar-refractivity contribution in [2.45, 2.75) is 12.2 Å². The van der Waals surface area contributed by atoms with Crippen LogP contribution in [-0.4, -0.2) is 37.0 Å². The highest BCUT2D eigenvalue weighted by Gasteiger charge is 2.27. The molecule has 1 aromatic heterocycles. The van der Waals surface area contributed by atoms with Crippen LogP contribution in [0.4, 0.5) is 10.7 Å². The number of nitrogens with one attached hydrogen (secondary N) is 1. The Morgan fingerprint density at radius 1 is 1.63 bits per heavy atom. The van der Waals surface area contributed by atoms with E-state index < -0.39 is 0 Å². The van der Waals surface area contributed by atoms with Crippen LogP contribution in [0.5, 0.6) is 0 Å². The quantitative estimate of drug-likeness (QED) is 0.864. The molecule has 1 unspecified atom stereocenters. The number of carbonyl (C=O) groups is 1. The maximum Gasteiger partial charge on any atom is 0.256 e. The van der Waals surface area contributed by atoms with Crippen LogP contribution in [0.15, 0.2) is 0 Å². The number of rotatable bonds is 2. The van der Waals surface area contributed by atoms with Gasteiger partial charge in [-0.15, -0.1) is 11.3 Å². The van der Waals surface area contributed by atoms with E-state index in [0.29, 0.717) is 21.4 Å². The predicted molar refractivity (Wildman–Crippen MR) is 81.0 cm³/mol. The highest BCUT2D eigenvalue weighted by atomic mass is 32.2. The number of nitrogen functional groups attached to an aromatic ring is 1. The molecule has 1 fully saturated rings. The Morgan fingerprint density at radius 3 is 2.95 bits per heavy atom. The molecule has 3 N–H and O–H groups in total. The van der Waals surface area contributed by atoms with Gasteiger partial charge >= 0.3 is 0 Å². The maximum atomic E-state index is 12.0. The lowest BCUT2D eigenvalue weighted by atomic mass is 10.2. The van der Waals surface area contributed by atoms with Crippen LogP contribution in [-0.2, 0) is 0 Å². The van der Waals surface area contributed by atoms with Crippen LogP contribution in [0.3, 0.4) is 0 Å². The minimum atomic E-state index is -0.226. The van der Waals surface area contributed by atoms with Crippen LogP contribution in [0.1, 0.15) is 22.2 Å². The number of thioether (sulfide) groups is 1. The topological polar surface area (TPSA) is 82.2 Å². The van der Waals surface area contributed by atoms with E-state index in [1.54, 1.807) is 7.05 Å². The molecule has 0 radical (unpaired) electrons. The molecule has 2 heterocycles. The van der Waals surface area contributed by atoms with E-state index in [-0.39, 0.29) is 5.91 Å². The number of hydrogen-bond donors (Lipinski definition) is 2. The smallest absolute Gasteiger partial charge is 0.256 e. The van der Waals surface area contributed by atoms with E-state index in [1.807, 2.05) is 11.8 Å². The summed E-state index contributed by atoms with van der Waals surface area (Å²) in [6.45, 7) is 3.92. The van der Waals surface area contributed by atoms with Crippen LogP contribution in [0.25, 0.3) is 0 Å². The summed E-state index contributed by atoms with van der Waals surface area (Å²) in [6, 6.07) is 2.07. The molecule has 1 aromatic rings. The number of carbonyl (C=O) groups excluding carboxylic acids is 1. The first-order chi connectivity index (χ1) is 9.08.